The summed E-state index contributed by atoms with van der Waals surface area (Å²) in [6, 6.07) is 0.137. The minimum atomic E-state index is -3.03. The molecule has 5 heteroatoms. The Morgan fingerprint density at radius 3 is 2.23 bits per heavy atom. The van der Waals surface area contributed by atoms with E-state index in [4.69, 9.17) is 5.73 Å². The molecule has 0 saturated heterocycles. The standard InChI is InChI=1S/C8H18N2O2S/c1-13(11,12)10-8-4-2-7(6-9)3-5-8/h7-8,10H,2-6,9H2,1H3/t7-,8-. The van der Waals surface area contributed by atoms with E-state index in [0.29, 0.717) is 5.92 Å². The molecule has 0 atom stereocenters. The highest BCUT2D eigenvalue weighted by Gasteiger charge is 2.21. The van der Waals surface area contributed by atoms with Crippen LogP contribution in [0.3, 0.4) is 0 Å². The average Bonchev–Trinajstić information content (AvgIpc) is 2.03. The molecule has 0 aromatic heterocycles. The van der Waals surface area contributed by atoms with Crippen LogP contribution in [0.4, 0.5) is 0 Å². The molecule has 1 rings (SSSR count). The Hall–Kier alpha value is -0.130. The van der Waals surface area contributed by atoms with Crippen LogP contribution in [0.25, 0.3) is 0 Å². The maximum atomic E-state index is 10.9. The highest BCUT2D eigenvalue weighted by Crippen LogP contribution is 2.23. The molecule has 78 valence electrons. The molecule has 0 aromatic carbocycles. The van der Waals surface area contributed by atoms with Crippen LogP contribution in [-0.4, -0.2) is 27.3 Å². The third kappa shape index (κ3) is 4.06. The smallest absolute Gasteiger partial charge is 0.208 e. The zero-order valence-corrected chi connectivity index (χ0v) is 8.81. The Labute approximate surface area is 79.9 Å². The van der Waals surface area contributed by atoms with Crippen molar-refractivity contribution in [2.24, 2.45) is 11.7 Å². The summed E-state index contributed by atoms with van der Waals surface area (Å²) in [5.74, 6) is 0.595. The fourth-order valence-electron chi connectivity index (χ4n) is 1.82. The van der Waals surface area contributed by atoms with Gasteiger partial charge in [0, 0.05) is 6.04 Å². The van der Waals surface area contributed by atoms with Gasteiger partial charge in [0.25, 0.3) is 0 Å². The van der Waals surface area contributed by atoms with Gasteiger partial charge in [0.2, 0.25) is 10.0 Å². The van der Waals surface area contributed by atoms with Gasteiger partial charge in [0.1, 0.15) is 0 Å². The molecule has 1 aliphatic carbocycles. The monoisotopic (exact) mass is 206 g/mol. The fraction of sp³-hybridized carbons (Fsp3) is 1.00. The number of rotatable bonds is 3. The van der Waals surface area contributed by atoms with Gasteiger partial charge < -0.3 is 5.73 Å². The zero-order chi connectivity index (χ0) is 9.90. The lowest BCUT2D eigenvalue weighted by Crippen LogP contribution is -2.37. The van der Waals surface area contributed by atoms with Crippen molar-refractivity contribution < 1.29 is 8.42 Å². The van der Waals surface area contributed by atoms with E-state index in [-0.39, 0.29) is 6.04 Å². The molecule has 0 aromatic rings. The van der Waals surface area contributed by atoms with Crippen molar-refractivity contribution in [2.75, 3.05) is 12.8 Å². The van der Waals surface area contributed by atoms with Gasteiger partial charge in [-0.1, -0.05) is 0 Å². The average molecular weight is 206 g/mol. The molecule has 1 saturated carbocycles. The third-order valence-corrected chi connectivity index (χ3v) is 3.32. The van der Waals surface area contributed by atoms with E-state index >= 15 is 0 Å². The number of hydrogen-bond acceptors (Lipinski definition) is 3. The Balaban J connectivity index is 2.33. The first-order valence-electron chi connectivity index (χ1n) is 4.68. The van der Waals surface area contributed by atoms with Crippen molar-refractivity contribution >= 4 is 10.0 Å². The van der Waals surface area contributed by atoms with Gasteiger partial charge >= 0.3 is 0 Å². The minimum Gasteiger partial charge on any atom is -0.330 e. The van der Waals surface area contributed by atoms with Crippen LogP contribution in [0.5, 0.6) is 0 Å². The van der Waals surface area contributed by atoms with Crippen molar-refractivity contribution in [2.45, 2.75) is 31.7 Å². The molecule has 3 N–H and O–H groups in total. The van der Waals surface area contributed by atoms with Gasteiger partial charge in [0.15, 0.2) is 0 Å². The molecule has 0 amide bonds. The first-order chi connectivity index (χ1) is 6.01. The van der Waals surface area contributed by atoms with Crippen LogP contribution in [0.15, 0.2) is 0 Å². The van der Waals surface area contributed by atoms with Crippen LogP contribution in [0.1, 0.15) is 25.7 Å². The fourth-order valence-corrected chi connectivity index (χ4v) is 2.66. The Bertz CT molecular complexity index is 243. The van der Waals surface area contributed by atoms with E-state index in [1.54, 1.807) is 0 Å². The summed E-state index contributed by atoms with van der Waals surface area (Å²) >= 11 is 0. The molecule has 13 heavy (non-hydrogen) atoms. The van der Waals surface area contributed by atoms with Crippen molar-refractivity contribution in [1.82, 2.24) is 4.72 Å². The Morgan fingerprint density at radius 1 is 1.31 bits per heavy atom. The maximum absolute atomic E-state index is 10.9. The molecule has 0 bridgehead atoms. The van der Waals surface area contributed by atoms with Crippen LogP contribution < -0.4 is 10.5 Å². The lowest BCUT2D eigenvalue weighted by molar-refractivity contribution is 0.319. The minimum absolute atomic E-state index is 0.137. The van der Waals surface area contributed by atoms with E-state index in [2.05, 4.69) is 4.72 Å². The molecular formula is C8H18N2O2S. The van der Waals surface area contributed by atoms with Gasteiger partial charge in [-0.15, -0.1) is 0 Å². The van der Waals surface area contributed by atoms with Crippen LogP contribution in [0, 0.1) is 5.92 Å². The number of sulfonamides is 1. The van der Waals surface area contributed by atoms with Gasteiger partial charge in [-0.05, 0) is 38.1 Å². The molecule has 0 unspecified atom stereocenters. The SMILES string of the molecule is CS(=O)(=O)N[C@H]1CC[C@H](CN)CC1. The van der Waals surface area contributed by atoms with Gasteiger partial charge in [-0.3, -0.25) is 0 Å². The van der Waals surface area contributed by atoms with Crippen molar-refractivity contribution in [3.05, 3.63) is 0 Å². The first kappa shape index (κ1) is 10.9. The summed E-state index contributed by atoms with van der Waals surface area (Å²) in [7, 11) is -3.03. The van der Waals surface area contributed by atoms with Gasteiger partial charge in [-0.25, -0.2) is 13.1 Å². The molecule has 0 radical (unpaired) electrons. The quantitative estimate of drug-likeness (QED) is 0.685. The highest BCUT2D eigenvalue weighted by molar-refractivity contribution is 7.88. The lowest BCUT2D eigenvalue weighted by Gasteiger charge is -2.27. The van der Waals surface area contributed by atoms with Gasteiger partial charge in [0.05, 0.1) is 6.26 Å². The van der Waals surface area contributed by atoms with E-state index in [0.717, 1.165) is 32.2 Å². The molecule has 1 fully saturated rings. The lowest BCUT2D eigenvalue weighted by atomic mass is 9.87. The second-order valence-corrected chi connectivity index (χ2v) is 5.62. The van der Waals surface area contributed by atoms with Crippen molar-refractivity contribution in [1.29, 1.82) is 0 Å². The molecule has 4 nitrogen and oxygen atoms in total. The summed E-state index contributed by atoms with van der Waals surface area (Å²) in [6.45, 7) is 0.728. The van der Waals surface area contributed by atoms with Crippen LogP contribution in [-0.2, 0) is 10.0 Å². The second kappa shape index (κ2) is 4.39. The van der Waals surface area contributed by atoms with E-state index in [1.165, 1.54) is 6.26 Å². The topological polar surface area (TPSA) is 72.2 Å². The first-order valence-corrected chi connectivity index (χ1v) is 6.58. The summed E-state index contributed by atoms with van der Waals surface area (Å²) in [4.78, 5) is 0. The number of nitrogens with two attached hydrogens (primary N) is 1. The molecular weight excluding hydrogens is 188 g/mol. The van der Waals surface area contributed by atoms with Crippen LogP contribution in [0.2, 0.25) is 0 Å². The number of hydrogen-bond donors (Lipinski definition) is 2. The summed E-state index contributed by atoms with van der Waals surface area (Å²) in [6.07, 6.45) is 5.15. The van der Waals surface area contributed by atoms with Crippen LogP contribution >= 0.6 is 0 Å². The normalized spacial score (nSPS) is 30.3. The summed E-state index contributed by atoms with van der Waals surface area (Å²) < 4.78 is 24.5. The third-order valence-electron chi connectivity index (χ3n) is 2.56. The van der Waals surface area contributed by atoms with E-state index < -0.39 is 10.0 Å². The van der Waals surface area contributed by atoms with E-state index in [1.807, 2.05) is 0 Å². The van der Waals surface area contributed by atoms with Gasteiger partial charge in [-0.2, -0.15) is 0 Å². The van der Waals surface area contributed by atoms with Crippen molar-refractivity contribution in [3.63, 3.8) is 0 Å². The largest absolute Gasteiger partial charge is 0.330 e. The predicted octanol–water partition coefficient (Wildman–Crippen LogP) is 0.0531. The molecule has 0 heterocycles. The number of nitrogens with one attached hydrogen (secondary N) is 1. The Kier molecular flexibility index (Phi) is 3.70. The molecule has 0 spiro atoms. The van der Waals surface area contributed by atoms with Crippen molar-refractivity contribution in [3.8, 4) is 0 Å². The predicted molar refractivity (Wildman–Crippen MR) is 52.8 cm³/mol. The summed E-state index contributed by atoms with van der Waals surface area (Å²) in [5.41, 5.74) is 5.54. The maximum Gasteiger partial charge on any atom is 0.208 e. The zero-order valence-electron chi connectivity index (χ0n) is 7.99. The highest BCUT2D eigenvalue weighted by atomic mass is 32.2. The molecule has 0 aliphatic heterocycles. The Morgan fingerprint density at radius 2 is 1.85 bits per heavy atom. The second-order valence-electron chi connectivity index (χ2n) is 3.84. The van der Waals surface area contributed by atoms with E-state index in [9.17, 15) is 8.42 Å². The molecule has 1 aliphatic rings. The summed E-state index contributed by atoms with van der Waals surface area (Å²) in [5, 5.41) is 0.